The number of hydrogen-bond acceptors (Lipinski definition) is 4. The van der Waals surface area contributed by atoms with E-state index in [1.165, 1.54) is 0 Å². The predicted octanol–water partition coefficient (Wildman–Crippen LogP) is 3.18. The lowest BCUT2D eigenvalue weighted by atomic mass is 10.1. The lowest BCUT2D eigenvalue weighted by Crippen LogP contribution is -2.30. The average Bonchev–Trinajstić information content (AvgIpc) is 3.06. The average molecular weight is 325 g/mol. The first-order valence-corrected chi connectivity index (χ1v) is 7.91. The Hall–Kier alpha value is -1.30. The van der Waals surface area contributed by atoms with Gasteiger partial charge in [-0.2, -0.15) is 5.10 Å². The van der Waals surface area contributed by atoms with E-state index < -0.39 is 0 Å². The minimum atomic E-state index is 0.188. The SMILES string of the molecule is CC(C)c1nn(C)c(Cl)c1CNC[C@H](c1ccco1)N(C)C. The van der Waals surface area contributed by atoms with Crippen molar-refractivity contribution in [1.29, 1.82) is 0 Å². The van der Waals surface area contributed by atoms with Crippen LogP contribution in [0.15, 0.2) is 22.8 Å². The zero-order chi connectivity index (χ0) is 16.3. The maximum atomic E-state index is 6.37. The highest BCUT2D eigenvalue weighted by Crippen LogP contribution is 2.25. The monoisotopic (exact) mass is 324 g/mol. The Morgan fingerprint density at radius 2 is 2.14 bits per heavy atom. The summed E-state index contributed by atoms with van der Waals surface area (Å²) in [6.45, 7) is 5.75. The molecule has 2 heterocycles. The molecule has 0 unspecified atom stereocenters. The van der Waals surface area contributed by atoms with Crippen LogP contribution in [0.1, 0.15) is 42.8 Å². The number of likely N-dealkylation sites (N-methyl/N-ethyl adjacent to an activating group) is 1. The van der Waals surface area contributed by atoms with E-state index in [0.29, 0.717) is 17.6 Å². The molecule has 0 saturated heterocycles. The van der Waals surface area contributed by atoms with Crippen LogP contribution in [0.3, 0.4) is 0 Å². The Kier molecular flexibility index (Phi) is 5.67. The largest absolute Gasteiger partial charge is 0.468 e. The molecule has 0 aliphatic heterocycles. The zero-order valence-corrected chi connectivity index (χ0v) is 14.7. The summed E-state index contributed by atoms with van der Waals surface area (Å²) in [6.07, 6.45) is 1.71. The van der Waals surface area contributed by atoms with Crippen LogP contribution in [0, 0.1) is 0 Å². The summed E-state index contributed by atoms with van der Waals surface area (Å²) < 4.78 is 7.27. The minimum absolute atomic E-state index is 0.188. The normalized spacial score (nSPS) is 13.3. The highest BCUT2D eigenvalue weighted by molar-refractivity contribution is 6.30. The Balaban J connectivity index is 2.04. The summed E-state index contributed by atoms with van der Waals surface area (Å²) in [6, 6.07) is 4.11. The van der Waals surface area contributed by atoms with E-state index >= 15 is 0 Å². The topological polar surface area (TPSA) is 46.2 Å². The molecule has 0 fully saturated rings. The van der Waals surface area contributed by atoms with Gasteiger partial charge in [0.2, 0.25) is 0 Å². The van der Waals surface area contributed by atoms with Crippen LogP contribution < -0.4 is 5.32 Å². The molecule has 2 rings (SSSR count). The third kappa shape index (κ3) is 3.72. The number of furan rings is 1. The van der Waals surface area contributed by atoms with Gasteiger partial charge < -0.3 is 9.73 Å². The van der Waals surface area contributed by atoms with Gasteiger partial charge in [0.15, 0.2) is 0 Å². The van der Waals surface area contributed by atoms with Crippen molar-refractivity contribution in [3.05, 3.63) is 40.6 Å². The molecular formula is C16H25ClN4O. The first kappa shape index (κ1) is 17.1. The van der Waals surface area contributed by atoms with Crippen LogP contribution in [0.2, 0.25) is 5.15 Å². The third-order valence-electron chi connectivity index (χ3n) is 3.78. The van der Waals surface area contributed by atoms with Gasteiger partial charge in [0.1, 0.15) is 10.9 Å². The second kappa shape index (κ2) is 7.31. The van der Waals surface area contributed by atoms with Gasteiger partial charge in [-0.1, -0.05) is 25.4 Å². The fourth-order valence-electron chi connectivity index (χ4n) is 2.55. The van der Waals surface area contributed by atoms with E-state index in [2.05, 4.69) is 29.2 Å². The van der Waals surface area contributed by atoms with Gasteiger partial charge in [-0.25, -0.2) is 0 Å². The molecule has 122 valence electrons. The molecule has 0 saturated carbocycles. The Morgan fingerprint density at radius 1 is 1.41 bits per heavy atom. The van der Waals surface area contributed by atoms with Crippen LogP contribution in [0.25, 0.3) is 0 Å². The molecule has 0 amide bonds. The number of rotatable bonds is 7. The number of halogens is 1. The highest BCUT2D eigenvalue weighted by Gasteiger charge is 2.19. The zero-order valence-electron chi connectivity index (χ0n) is 13.9. The molecule has 1 atom stereocenters. The maximum absolute atomic E-state index is 6.37. The molecule has 2 aromatic rings. The summed E-state index contributed by atoms with van der Waals surface area (Å²) in [5.74, 6) is 1.31. The molecular weight excluding hydrogens is 300 g/mol. The van der Waals surface area contributed by atoms with E-state index in [4.69, 9.17) is 16.0 Å². The molecule has 5 nitrogen and oxygen atoms in total. The smallest absolute Gasteiger partial charge is 0.131 e. The standard InChI is InChI=1S/C16H25ClN4O/c1-11(2)15-12(16(17)21(5)19-15)9-18-10-13(20(3)4)14-7-6-8-22-14/h6-8,11,13,18H,9-10H2,1-5H3/t13-/m1/s1. The van der Waals surface area contributed by atoms with Crippen LogP contribution in [-0.2, 0) is 13.6 Å². The van der Waals surface area contributed by atoms with E-state index in [-0.39, 0.29) is 6.04 Å². The molecule has 22 heavy (non-hydrogen) atoms. The summed E-state index contributed by atoms with van der Waals surface area (Å²) in [4.78, 5) is 2.14. The van der Waals surface area contributed by atoms with Crippen LogP contribution in [0.5, 0.6) is 0 Å². The van der Waals surface area contributed by atoms with Gasteiger partial charge in [-0.3, -0.25) is 9.58 Å². The van der Waals surface area contributed by atoms with Crippen LogP contribution in [0.4, 0.5) is 0 Å². The minimum Gasteiger partial charge on any atom is -0.468 e. The van der Waals surface area contributed by atoms with Crippen molar-refractivity contribution < 1.29 is 4.42 Å². The van der Waals surface area contributed by atoms with Gasteiger partial charge in [-0.05, 0) is 32.1 Å². The summed E-state index contributed by atoms with van der Waals surface area (Å²) in [5, 5.41) is 8.69. The molecule has 1 N–H and O–H groups in total. The van der Waals surface area contributed by atoms with Crippen LogP contribution >= 0.6 is 11.6 Å². The highest BCUT2D eigenvalue weighted by atomic mass is 35.5. The Labute approximate surface area is 137 Å². The lowest BCUT2D eigenvalue weighted by Gasteiger charge is -2.22. The number of aryl methyl sites for hydroxylation is 1. The van der Waals surface area contributed by atoms with E-state index in [1.54, 1.807) is 10.9 Å². The molecule has 0 bridgehead atoms. The second-order valence-electron chi connectivity index (χ2n) is 6.06. The number of nitrogens with zero attached hydrogens (tertiary/aromatic N) is 3. The molecule has 0 aliphatic rings. The van der Waals surface area contributed by atoms with Crippen molar-refractivity contribution in [2.24, 2.45) is 7.05 Å². The number of aromatic nitrogens is 2. The molecule has 2 aromatic heterocycles. The van der Waals surface area contributed by atoms with Crippen molar-refractivity contribution in [2.45, 2.75) is 32.4 Å². The van der Waals surface area contributed by atoms with E-state index in [1.807, 2.05) is 33.3 Å². The fourth-order valence-corrected chi connectivity index (χ4v) is 2.75. The van der Waals surface area contributed by atoms with Crippen molar-refractivity contribution in [3.8, 4) is 0 Å². The van der Waals surface area contributed by atoms with E-state index in [0.717, 1.165) is 23.6 Å². The lowest BCUT2D eigenvalue weighted by molar-refractivity contribution is 0.250. The molecule has 0 spiro atoms. The molecule has 6 heteroatoms. The van der Waals surface area contributed by atoms with Crippen molar-refractivity contribution in [1.82, 2.24) is 20.0 Å². The first-order chi connectivity index (χ1) is 10.4. The van der Waals surface area contributed by atoms with Crippen molar-refractivity contribution in [3.63, 3.8) is 0 Å². The molecule has 0 aromatic carbocycles. The second-order valence-corrected chi connectivity index (χ2v) is 6.42. The van der Waals surface area contributed by atoms with Gasteiger partial charge in [-0.15, -0.1) is 0 Å². The van der Waals surface area contributed by atoms with E-state index in [9.17, 15) is 0 Å². The quantitative estimate of drug-likeness (QED) is 0.849. The molecule has 0 radical (unpaired) electrons. The van der Waals surface area contributed by atoms with Gasteiger partial charge >= 0.3 is 0 Å². The number of nitrogens with one attached hydrogen (secondary N) is 1. The van der Waals surface area contributed by atoms with Gasteiger partial charge in [0.25, 0.3) is 0 Å². The molecule has 0 aliphatic carbocycles. The summed E-state index contributed by atoms with van der Waals surface area (Å²) >= 11 is 6.37. The summed E-state index contributed by atoms with van der Waals surface area (Å²) in [7, 11) is 5.97. The predicted molar refractivity (Wildman–Crippen MR) is 89.1 cm³/mol. The maximum Gasteiger partial charge on any atom is 0.131 e. The first-order valence-electron chi connectivity index (χ1n) is 7.53. The van der Waals surface area contributed by atoms with Crippen molar-refractivity contribution >= 4 is 11.6 Å². The third-order valence-corrected chi connectivity index (χ3v) is 4.25. The summed E-state index contributed by atoms with van der Waals surface area (Å²) in [5.41, 5.74) is 2.13. The number of hydrogen-bond donors (Lipinski definition) is 1. The van der Waals surface area contributed by atoms with Crippen molar-refractivity contribution in [2.75, 3.05) is 20.6 Å². The van der Waals surface area contributed by atoms with Crippen LogP contribution in [-0.4, -0.2) is 35.3 Å². The van der Waals surface area contributed by atoms with Gasteiger partial charge in [0, 0.05) is 25.7 Å². The Bertz CT molecular complexity index is 590. The fraction of sp³-hybridized carbons (Fsp3) is 0.562. The van der Waals surface area contributed by atoms with Gasteiger partial charge in [0.05, 0.1) is 18.0 Å². The Morgan fingerprint density at radius 3 is 2.68 bits per heavy atom.